The highest BCUT2D eigenvalue weighted by molar-refractivity contribution is 7.91. The lowest BCUT2D eigenvalue weighted by Crippen LogP contribution is -2.36. The fraction of sp³-hybridized carbons (Fsp3) is 0.429. The molecule has 2 saturated carbocycles. The van der Waals surface area contributed by atoms with Crippen molar-refractivity contribution in [3.8, 4) is 10.6 Å². The Balaban J connectivity index is 1.31. The van der Waals surface area contributed by atoms with Gasteiger partial charge in [-0.2, -0.15) is 4.98 Å². The SMILES string of the molecule is Cc1nc(NCC2(O)CC2)nc(N[C@@H]2C[C@H](CS(=O)(=O)c3cc(F)cc(F)c3)[C@@H](O)[C@H]2O)c1-c1nc2c(C)nccc2s1. The maximum Gasteiger partial charge on any atom is 0.225 e. The molecule has 4 aromatic rings. The van der Waals surface area contributed by atoms with Crippen LogP contribution >= 0.6 is 11.3 Å². The lowest BCUT2D eigenvalue weighted by atomic mass is 10.1. The third kappa shape index (κ3) is 6.04. The van der Waals surface area contributed by atoms with E-state index in [1.54, 1.807) is 13.1 Å². The van der Waals surface area contributed by atoms with E-state index in [1.807, 2.05) is 13.0 Å². The zero-order valence-electron chi connectivity index (χ0n) is 23.3. The number of nitrogens with one attached hydrogen (secondary N) is 2. The second-order valence-electron chi connectivity index (χ2n) is 11.3. The van der Waals surface area contributed by atoms with Crippen molar-refractivity contribution in [1.82, 2.24) is 19.9 Å². The normalized spacial score (nSPS) is 23.0. The van der Waals surface area contributed by atoms with E-state index in [4.69, 9.17) is 4.98 Å². The summed E-state index contributed by atoms with van der Waals surface area (Å²) in [6.45, 7) is 3.89. The van der Waals surface area contributed by atoms with Gasteiger partial charge in [-0.1, -0.05) is 0 Å². The summed E-state index contributed by atoms with van der Waals surface area (Å²) >= 11 is 1.41. The summed E-state index contributed by atoms with van der Waals surface area (Å²) in [5.41, 5.74) is 1.79. The number of fused-ring (bicyclic) bond motifs is 1. The summed E-state index contributed by atoms with van der Waals surface area (Å²) in [5.74, 6) is -3.09. The first-order valence-corrected chi connectivity index (χ1v) is 16.2. The molecule has 11 nitrogen and oxygen atoms in total. The van der Waals surface area contributed by atoms with Gasteiger partial charge < -0.3 is 26.0 Å². The fourth-order valence-corrected chi connectivity index (χ4v) is 8.14. The Kier molecular flexibility index (Phi) is 7.57. The van der Waals surface area contributed by atoms with Gasteiger partial charge in [-0.3, -0.25) is 4.98 Å². The number of aliphatic hydroxyl groups excluding tert-OH is 2. The van der Waals surface area contributed by atoms with Crippen molar-refractivity contribution in [2.75, 3.05) is 22.9 Å². The van der Waals surface area contributed by atoms with Crippen molar-refractivity contribution in [2.45, 2.75) is 61.9 Å². The number of hydrogen-bond acceptors (Lipinski definition) is 12. The highest BCUT2D eigenvalue weighted by Gasteiger charge is 2.44. The van der Waals surface area contributed by atoms with Crippen molar-refractivity contribution in [1.29, 1.82) is 0 Å². The first kappa shape index (κ1) is 29.7. The van der Waals surface area contributed by atoms with E-state index in [-0.39, 0.29) is 18.9 Å². The Morgan fingerprint density at radius 2 is 1.77 bits per heavy atom. The molecular weight excluding hydrogens is 602 g/mol. The molecule has 3 aromatic heterocycles. The van der Waals surface area contributed by atoms with Crippen LogP contribution in [0.25, 0.3) is 20.8 Å². The summed E-state index contributed by atoms with van der Waals surface area (Å²) in [6.07, 6.45) is 0.237. The van der Waals surface area contributed by atoms with Crippen LogP contribution in [0.3, 0.4) is 0 Å². The smallest absolute Gasteiger partial charge is 0.225 e. The second-order valence-corrected chi connectivity index (χ2v) is 14.4. The van der Waals surface area contributed by atoms with Gasteiger partial charge in [0.25, 0.3) is 0 Å². The standard InChI is InChI=1S/C28H30F2N6O5S2/c1-13-21(26-35-22-14(2)31-6-3-20(22)42-26)25(36-27(33-13)32-12-28(39)4-5-28)34-19-7-15(23(37)24(19)38)11-43(40,41)18-9-16(29)8-17(30)10-18/h3,6,8-10,15,19,23-24,37-39H,4-5,7,11-12H2,1-2H3,(H2,32,33,34,36)/t15-,19-,23-,24+/m1/s1. The van der Waals surface area contributed by atoms with Gasteiger partial charge >= 0.3 is 0 Å². The van der Waals surface area contributed by atoms with E-state index in [1.165, 1.54) is 11.3 Å². The van der Waals surface area contributed by atoms with Crippen LogP contribution in [0.1, 0.15) is 30.7 Å². The summed E-state index contributed by atoms with van der Waals surface area (Å²) in [5, 5.41) is 39.0. The average Bonchev–Trinajstić information content (AvgIpc) is 3.42. The van der Waals surface area contributed by atoms with Gasteiger partial charge in [0.1, 0.15) is 34.1 Å². The van der Waals surface area contributed by atoms with Crippen molar-refractivity contribution in [2.24, 2.45) is 5.92 Å². The van der Waals surface area contributed by atoms with E-state index in [0.717, 1.165) is 28.0 Å². The Hall–Kier alpha value is -3.37. The molecule has 3 heterocycles. The number of aliphatic hydroxyl groups is 3. The molecule has 43 heavy (non-hydrogen) atoms. The van der Waals surface area contributed by atoms with Crippen LogP contribution in [-0.4, -0.2) is 79.8 Å². The van der Waals surface area contributed by atoms with E-state index in [0.29, 0.717) is 41.0 Å². The maximum atomic E-state index is 13.7. The first-order valence-electron chi connectivity index (χ1n) is 13.7. The van der Waals surface area contributed by atoms with E-state index in [9.17, 15) is 32.5 Å². The monoisotopic (exact) mass is 632 g/mol. The molecule has 4 atom stereocenters. The topological polar surface area (TPSA) is 170 Å². The minimum absolute atomic E-state index is 0.0211. The minimum Gasteiger partial charge on any atom is -0.390 e. The molecule has 0 aliphatic heterocycles. The molecule has 6 rings (SSSR count). The van der Waals surface area contributed by atoms with Crippen LogP contribution in [-0.2, 0) is 9.84 Å². The van der Waals surface area contributed by atoms with Crippen LogP contribution in [0.2, 0.25) is 0 Å². The predicted molar refractivity (Wildman–Crippen MR) is 157 cm³/mol. The number of pyridine rings is 1. The van der Waals surface area contributed by atoms with E-state index in [2.05, 4.69) is 25.6 Å². The maximum absolute atomic E-state index is 13.7. The van der Waals surface area contributed by atoms with Gasteiger partial charge in [0, 0.05) is 24.7 Å². The van der Waals surface area contributed by atoms with Crippen LogP contribution in [0.5, 0.6) is 0 Å². The van der Waals surface area contributed by atoms with Crippen molar-refractivity contribution in [3.63, 3.8) is 0 Å². The van der Waals surface area contributed by atoms with E-state index < -0.39 is 61.9 Å². The van der Waals surface area contributed by atoms with Crippen LogP contribution in [0.4, 0.5) is 20.5 Å². The number of thiazole rings is 1. The summed E-state index contributed by atoms with van der Waals surface area (Å²) in [7, 11) is -4.19. The van der Waals surface area contributed by atoms with E-state index >= 15 is 0 Å². The molecule has 0 spiro atoms. The van der Waals surface area contributed by atoms with Gasteiger partial charge in [-0.05, 0) is 51.3 Å². The largest absolute Gasteiger partial charge is 0.390 e. The zero-order valence-corrected chi connectivity index (χ0v) is 24.9. The molecule has 2 fully saturated rings. The van der Waals surface area contributed by atoms with Crippen molar-refractivity contribution >= 4 is 43.2 Å². The quantitative estimate of drug-likeness (QED) is 0.184. The molecule has 0 saturated heterocycles. The van der Waals surface area contributed by atoms with Gasteiger partial charge in [-0.15, -0.1) is 11.3 Å². The number of hydrogen-bond donors (Lipinski definition) is 5. The molecule has 0 radical (unpaired) electrons. The Morgan fingerprint density at radius 1 is 1.05 bits per heavy atom. The highest BCUT2D eigenvalue weighted by atomic mass is 32.2. The number of rotatable bonds is 9. The lowest BCUT2D eigenvalue weighted by molar-refractivity contribution is 0.0216. The molecule has 2 aliphatic rings. The van der Waals surface area contributed by atoms with Crippen LogP contribution in [0.15, 0.2) is 35.4 Å². The van der Waals surface area contributed by atoms with Gasteiger partial charge in [0.05, 0.1) is 50.0 Å². The summed E-state index contributed by atoms with van der Waals surface area (Å²) in [6, 6.07) is 3.05. The number of benzene rings is 1. The number of nitrogens with zero attached hydrogens (tertiary/aromatic N) is 4. The first-order chi connectivity index (χ1) is 20.3. The molecule has 1 aromatic carbocycles. The van der Waals surface area contributed by atoms with Crippen LogP contribution < -0.4 is 10.6 Å². The molecule has 5 N–H and O–H groups in total. The Bertz CT molecular complexity index is 1800. The number of aryl methyl sites for hydroxylation is 2. The fourth-order valence-electron chi connectivity index (χ4n) is 5.36. The van der Waals surface area contributed by atoms with Crippen molar-refractivity contribution in [3.05, 3.63) is 53.5 Å². The molecule has 0 unspecified atom stereocenters. The molecule has 228 valence electrons. The summed E-state index contributed by atoms with van der Waals surface area (Å²) < 4.78 is 54.4. The molecular formula is C28H30F2N6O5S2. The number of halogens is 2. The zero-order chi connectivity index (χ0) is 30.7. The third-order valence-corrected chi connectivity index (χ3v) is 10.8. The molecule has 15 heteroatoms. The molecule has 0 bridgehead atoms. The highest BCUT2D eigenvalue weighted by Crippen LogP contribution is 2.40. The van der Waals surface area contributed by atoms with Crippen LogP contribution in [0, 0.1) is 31.4 Å². The van der Waals surface area contributed by atoms with Gasteiger partial charge in [-0.25, -0.2) is 27.2 Å². The second kappa shape index (κ2) is 11.0. The summed E-state index contributed by atoms with van der Waals surface area (Å²) in [4.78, 5) is 17.8. The number of aromatic nitrogens is 4. The molecule has 0 amide bonds. The van der Waals surface area contributed by atoms with Crippen molar-refractivity contribution < 1.29 is 32.5 Å². The Morgan fingerprint density at radius 3 is 2.44 bits per heavy atom. The molecule has 2 aliphatic carbocycles. The minimum atomic E-state index is -4.19. The number of sulfone groups is 1. The third-order valence-electron chi connectivity index (χ3n) is 7.95. The number of anilines is 2. The predicted octanol–water partition coefficient (Wildman–Crippen LogP) is 2.98. The lowest BCUT2D eigenvalue weighted by Gasteiger charge is -2.21. The van der Waals surface area contributed by atoms with Gasteiger partial charge in [0.2, 0.25) is 5.95 Å². The Labute approximate surface area is 250 Å². The average molecular weight is 633 g/mol. The van der Waals surface area contributed by atoms with Gasteiger partial charge in [0.15, 0.2) is 9.84 Å².